The number of hydrogen-bond donors (Lipinski definition) is 3. The van der Waals surface area contributed by atoms with Crippen LogP contribution in [0.4, 0.5) is 10.5 Å². The van der Waals surface area contributed by atoms with E-state index in [-0.39, 0.29) is 25.3 Å². The van der Waals surface area contributed by atoms with Gasteiger partial charge < -0.3 is 34.6 Å². The number of quaternary nitrogens is 1. The van der Waals surface area contributed by atoms with Crippen molar-refractivity contribution in [2.24, 2.45) is 0 Å². The second-order valence-corrected chi connectivity index (χ2v) is 12.2. The number of urea groups is 1. The van der Waals surface area contributed by atoms with Gasteiger partial charge in [0, 0.05) is 24.1 Å². The van der Waals surface area contributed by atoms with Crippen LogP contribution in [0, 0.1) is 0 Å². The second-order valence-electron chi connectivity index (χ2n) is 12.2. The van der Waals surface area contributed by atoms with E-state index in [2.05, 4.69) is 35.1 Å². The molecule has 3 N–H and O–H groups in total. The fourth-order valence-electron chi connectivity index (χ4n) is 6.27. The molecular weight excluding hydrogens is 584 g/mol. The molecule has 10 nitrogen and oxygen atoms in total. The van der Waals surface area contributed by atoms with Crippen LogP contribution < -0.4 is 25.4 Å². The maximum absolute atomic E-state index is 13.8. The van der Waals surface area contributed by atoms with Crippen LogP contribution >= 0.6 is 0 Å². The summed E-state index contributed by atoms with van der Waals surface area (Å²) in [6.45, 7) is 4.74. The monoisotopic (exact) mass is 623 g/mol. The average molecular weight is 624 g/mol. The van der Waals surface area contributed by atoms with E-state index < -0.39 is 18.0 Å². The molecule has 0 saturated carbocycles. The van der Waals surface area contributed by atoms with Crippen LogP contribution in [0.5, 0.6) is 11.5 Å². The van der Waals surface area contributed by atoms with Crippen molar-refractivity contribution in [3.8, 4) is 11.5 Å². The minimum Gasteiger partial charge on any atom is -0.462 e. The van der Waals surface area contributed by atoms with E-state index in [1.807, 2.05) is 48.5 Å². The first-order chi connectivity index (χ1) is 22.3. The average Bonchev–Trinajstić information content (AvgIpc) is 3.66. The Morgan fingerprint density at radius 3 is 2.48 bits per heavy atom. The number of benzene rings is 4. The number of nitrogens with one attached hydrogen (secondary N) is 3. The van der Waals surface area contributed by atoms with Gasteiger partial charge in [-0.25, -0.2) is 9.59 Å². The number of anilines is 1. The zero-order valence-electron chi connectivity index (χ0n) is 26.1. The summed E-state index contributed by atoms with van der Waals surface area (Å²) in [5, 5.41) is 11.1. The van der Waals surface area contributed by atoms with E-state index in [0.717, 1.165) is 63.9 Å². The number of likely N-dealkylation sites (N-methyl/N-ethyl adjacent to an activating group) is 1. The maximum Gasteiger partial charge on any atom is 0.338 e. The molecule has 0 bridgehead atoms. The second kappa shape index (κ2) is 13.5. The van der Waals surface area contributed by atoms with E-state index in [1.54, 1.807) is 31.2 Å². The molecule has 3 amide bonds. The summed E-state index contributed by atoms with van der Waals surface area (Å²) in [5.74, 6) is 0.871. The highest BCUT2D eigenvalue weighted by atomic mass is 16.7. The first-order valence-electron chi connectivity index (χ1n) is 15.6. The van der Waals surface area contributed by atoms with Gasteiger partial charge in [-0.2, -0.15) is 0 Å². The SMILES string of the molecule is CCOC(=O)c1ccc(NC(=O)N[C@@H](Cc2ccc3ccccc3c2)C(=O)N[C@H]2CC[N+](C)(Cc3ccc4c(c3)OCO4)C2)cc1. The molecule has 0 spiro atoms. The molecule has 2 aliphatic rings. The zero-order valence-corrected chi connectivity index (χ0v) is 26.1. The van der Waals surface area contributed by atoms with Gasteiger partial charge in [-0.1, -0.05) is 42.5 Å². The Morgan fingerprint density at radius 1 is 0.913 bits per heavy atom. The topological polar surface area (TPSA) is 115 Å². The fourth-order valence-corrected chi connectivity index (χ4v) is 6.27. The van der Waals surface area contributed by atoms with E-state index in [0.29, 0.717) is 17.7 Å². The molecule has 46 heavy (non-hydrogen) atoms. The molecule has 1 saturated heterocycles. The highest BCUT2D eigenvalue weighted by molar-refractivity contribution is 5.95. The molecule has 10 heteroatoms. The van der Waals surface area contributed by atoms with Crippen molar-refractivity contribution in [2.45, 2.75) is 38.4 Å². The lowest BCUT2D eigenvalue weighted by Crippen LogP contribution is -2.53. The summed E-state index contributed by atoms with van der Waals surface area (Å²) in [7, 11) is 2.20. The molecule has 0 aromatic heterocycles. The number of carbonyl (C=O) groups is 3. The number of nitrogens with zero attached hydrogens (tertiary/aromatic N) is 1. The van der Waals surface area contributed by atoms with Crippen molar-refractivity contribution in [1.82, 2.24) is 10.6 Å². The largest absolute Gasteiger partial charge is 0.462 e. The summed E-state index contributed by atoms with van der Waals surface area (Å²) in [6.07, 6.45) is 1.15. The fraction of sp³-hybridized carbons (Fsp3) is 0.306. The quantitative estimate of drug-likeness (QED) is 0.169. The van der Waals surface area contributed by atoms with Crippen molar-refractivity contribution in [1.29, 1.82) is 0 Å². The van der Waals surface area contributed by atoms with Crippen LogP contribution in [-0.2, 0) is 22.5 Å². The van der Waals surface area contributed by atoms with Gasteiger partial charge in [-0.3, -0.25) is 4.79 Å². The Labute approximate surface area is 268 Å². The molecule has 3 atom stereocenters. The van der Waals surface area contributed by atoms with Gasteiger partial charge in [0.05, 0.1) is 38.3 Å². The first-order valence-corrected chi connectivity index (χ1v) is 15.6. The van der Waals surface area contributed by atoms with Gasteiger partial charge in [0.2, 0.25) is 12.7 Å². The maximum atomic E-state index is 13.8. The standard InChI is InChI=1S/C36H38N4O6/c1-3-44-35(42)27-11-13-29(14-12-27)38-36(43)39-31(19-24-8-10-26-6-4-5-7-28(26)18-24)34(41)37-30-16-17-40(2,22-30)21-25-9-15-32-33(20-25)46-23-45-32/h4-15,18,20,30-31H,3,16-17,19,21-23H2,1-2H3,(H2-,37,38,39,41,42,43)/p+1/t30-,31-,40?/m0/s1. The van der Waals surface area contributed by atoms with Gasteiger partial charge in [-0.05, 0) is 65.7 Å². The summed E-state index contributed by atoms with van der Waals surface area (Å²) in [4.78, 5) is 38.9. The predicted molar refractivity (Wildman–Crippen MR) is 175 cm³/mol. The number of carbonyl (C=O) groups excluding carboxylic acids is 3. The number of rotatable bonds is 10. The van der Waals surface area contributed by atoms with Crippen molar-refractivity contribution >= 4 is 34.4 Å². The van der Waals surface area contributed by atoms with Crippen LogP contribution in [-0.4, -0.2) is 68.0 Å². The van der Waals surface area contributed by atoms with Crippen molar-refractivity contribution < 1.29 is 33.1 Å². The Kier molecular flexibility index (Phi) is 9.07. The van der Waals surface area contributed by atoms with E-state index in [1.165, 1.54) is 0 Å². The minimum absolute atomic E-state index is 0.0362. The lowest BCUT2D eigenvalue weighted by Gasteiger charge is -2.30. The minimum atomic E-state index is -0.812. The molecule has 238 valence electrons. The lowest BCUT2D eigenvalue weighted by atomic mass is 10.0. The molecular formula is C36H39N4O6+. The molecule has 4 aromatic carbocycles. The smallest absolute Gasteiger partial charge is 0.338 e. The van der Waals surface area contributed by atoms with Crippen LogP contribution in [0.2, 0.25) is 0 Å². The Morgan fingerprint density at radius 2 is 1.67 bits per heavy atom. The van der Waals surface area contributed by atoms with Crippen LogP contribution in [0.1, 0.15) is 34.8 Å². The lowest BCUT2D eigenvalue weighted by molar-refractivity contribution is -0.911. The third-order valence-electron chi connectivity index (χ3n) is 8.56. The van der Waals surface area contributed by atoms with Crippen LogP contribution in [0.15, 0.2) is 84.9 Å². The molecule has 1 unspecified atom stereocenters. The summed E-state index contributed by atoms with van der Waals surface area (Å²) in [5.41, 5.74) is 2.97. The van der Waals surface area contributed by atoms with Gasteiger partial charge in [0.15, 0.2) is 11.5 Å². The highest BCUT2D eigenvalue weighted by Gasteiger charge is 2.37. The van der Waals surface area contributed by atoms with Crippen molar-refractivity contribution in [3.63, 3.8) is 0 Å². The van der Waals surface area contributed by atoms with E-state index in [9.17, 15) is 14.4 Å². The molecule has 0 radical (unpaired) electrons. The molecule has 2 aliphatic heterocycles. The third-order valence-corrected chi connectivity index (χ3v) is 8.56. The summed E-state index contributed by atoms with van der Waals surface area (Å²) in [6, 6.07) is 25.2. The molecule has 6 rings (SSSR count). The number of hydrogen-bond acceptors (Lipinski definition) is 6. The Balaban J connectivity index is 1.12. The van der Waals surface area contributed by atoms with Crippen molar-refractivity contribution in [3.05, 3.63) is 102 Å². The number of esters is 1. The van der Waals surface area contributed by atoms with E-state index >= 15 is 0 Å². The van der Waals surface area contributed by atoms with Gasteiger partial charge in [0.25, 0.3) is 0 Å². The number of fused-ring (bicyclic) bond motifs is 2. The molecule has 4 aromatic rings. The van der Waals surface area contributed by atoms with Crippen LogP contribution in [0.3, 0.4) is 0 Å². The van der Waals surface area contributed by atoms with Crippen LogP contribution in [0.25, 0.3) is 10.8 Å². The van der Waals surface area contributed by atoms with Gasteiger partial charge in [0.1, 0.15) is 12.6 Å². The summed E-state index contributed by atoms with van der Waals surface area (Å²) < 4.78 is 16.8. The molecule has 0 aliphatic carbocycles. The number of ether oxygens (including phenoxy) is 3. The van der Waals surface area contributed by atoms with Crippen molar-refractivity contribution in [2.75, 3.05) is 38.9 Å². The predicted octanol–water partition coefficient (Wildman–Crippen LogP) is 5.01. The number of likely N-dealkylation sites (tertiary alicyclic amines) is 1. The highest BCUT2D eigenvalue weighted by Crippen LogP contribution is 2.34. The molecule has 1 fully saturated rings. The zero-order chi connectivity index (χ0) is 32.1. The Hall–Kier alpha value is -5.09. The third kappa shape index (κ3) is 7.40. The van der Waals surface area contributed by atoms with Gasteiger partial charge in [-0.15, -0.1) is 0 Å². The normalized spacial score (nSPS) is 19.0. The van der Waals surface area contributed by atoms with E-state index in [4.69, 9.17) is 14.2 Å². The summed E-state index contributed by atoms with van der Waals surface area (Å²) >= 11 is 0. The van der Waals surface area contributed by atoms with Gasteiger partial charge >= 0.3 is 12.0 Å². The Bertz CT molecular complexity index is 1740. The number of amides is 3. The molecule has 2 heterocycles. The first kappa shape index (κ1) is 30.9.